The molecule has 1 heterocycles. The van der Waals surface area contributed by atoms with Gasteiger partial charge in [0.15, 0.2) is 11.5 Å². The van der Waals surface area contributed by atoms with Gasteiger partial charge in [-0.25, -0.2) is 0 Å². The lowest BCUT2D eigenvalue weighted by Crippen LogP contribution is -2.11. The minimum absolute atomic E-state index is 0.168. The minimum atomic E-state index is 0.168. The van der Waals surface area contributed by atoms with Gasteiger partial charge < -0.3 is 9.47 Å². The third-order valence-corrected chi connectivity index (χ3v) is 5.20. The van der Waals surface area contributed by atoms with Crippen molar-refractivity contribution in [2.45, 2.75) is 71.6 Å². The summed E-state index contributed by atoms with van der Waals surface area (Å²) >= 11 is 0. The van der Waals surface area contributed by atoms with Crippen LogP contribution in [0.3, 0.4) is 0 Å². The molecule has 140 valence electrons. The second kappa shape index (κ2) is 6.98. The van der Waals surface area contributed by atoms with Gasteiger partial charge in [0, 0.05) is 0 Å². The van der Waals surface area contributed by atoms with Crippen molar-refractivity contribution in [3.05, 3.63) is 58.7 Å². The molecule has 2 aromatic carbocycles. The maximum Gasteiger partial charge on any atom is 0.231 e. The maximum atomic E-state index is 5.31. The van der Waals surface area contributed by atoms with E-state index in [-0.39, 0.29) is 5.41 Å². The molecule has 0 atom stereocenters. The van der Waals surface area contributed by atoms with E-state index in [1.807, 2.05) is 6.07 Å². The van der Waals surface area contributed by atoms with Crippen molar-refractivity contribution in [1.29, 1.82) is 0 Å². The fourth-order valence-electron chi connectivity index (χ4n) is 3.40. The van der Waals surface area contributed by atoms with Crippen LogP contribution in [0.2, 0.25) is 0 Å². The standard InChI is InChI=1S/C13H18.C11H14O2/c1-13(2,3)12-8-7-10-5-4-6-11(10)9-12;1-11(2,3)8-4-5-9-10(6-8)13-7-12-9/h7-9H,4-6H2,1-3H3;4-6H,7H2,1-3H3. The maximum absolute atomic E-state index is 5.31. The first kappa shape index (κ1) is 18.8. The van der Waals surface area contributed by atoms with E-state index in [0.717, 1.165) is 11.5 Å². The van der Waals surface area contributed by atoms with Gasteiger partial charge in [0.2, 0.25) is 6.79 Å². The summed E-state index contributed by atoms with van der Waals surface area (Å²) in [6, 6.07) is 13.1. The highest BCUT2D eigenvalue weighted by atomic mass is 16.7. The number of hydrogen-bond acceptors (Lipinski definition) is 2. The molecule has 1 aliphatic carbocycles. The van der Waals surface area contributed by atoms with Crippen LogP contribution in [0.25, 0.3) is 0 Å². The molecule has 2 aromatic rings. The molecule has 0 bridgehead atoms. The Balaban J connectivity index is 0.000000151. The van der Waals surface area contributed by atoms with Crippen LogP contribution in [-0.4, -0.2) is 6.79 Å². The second-order valence-electron chi connectivity index (χ2n) is 9.41. The zero-order valence-electron chi connectivity index (χ0n) is 17.1. The highest BCUT2D eigenvalue weighted by Gasteiger charge is 2.19. The van der Waals surface area contributed by atoms with Gasteiger partial charge in [0.25, 0.3) is 0 Å². The lowest BCUT2D eigenvalue weighted by atomic mass is 9.85. The highest BCUT2D eigenvalue weighted by Crippen LogP contribution is 2.36. The minimum Gasteiger partial charge on any atom is -0.454 e. The van der Waals surface area contributed by atoms with E-state index in [1.165, 1.54) is 30.4 Å². The van der Waals surface area contributed by atoms with E-state index in [2.05, 4.69) is 71.9 Å². The smallest absolute Gasteiger partial charge is 0.231 e. The number of benzene rings is 2. The zero-order valence-corrected chi connectivity index (χ0v) is 17.1. The molecule has 0 amide bonds. The van der Waals surface area contributed by atoms with Gasteiger partial charge >= 0.3 is 0 Å². The summed E-state index contributed by atoms with van der Waals surface area (Å²) in [5, 5.41) is 0. The normalized spacial score (nSPS) is 15.3. The predicted molar refractivity (Wildman–Crippen MR) is 108 cm³/mol. The molecule has 0 aromatic heterocycles. The Kier molecular flexibility index (Phi) is 5.05. The Hall–Kier alpha value is -1.96. The van der Waals surface area contributed by atoms with Crippen molar-refractivity contribution < 1.29 is 9.47 Å². The fourth-order valence-corrected chi connectivity index (χ4v) is 3.40. The summed E-state index contributed by atoms with van der Waals surface area (Å²) in [6.07, 6.45) is 3.93. The van der Waals surface area contributed by atoms with Crippen LogP contribution < -0.4 is 9.47 Å². The highest BCUT2D eigenvalue weighted by molar-refractivity contribution is 5.46. The zero-order chi connectivity index (χ0) is 18.9. The van der Waals surface area contributed by atoms with Crippen LogP contribution in [-0.2, 0) is 23.7 Å². The molecule has 0 N–H and O–H groups in total. The molecule has 2 heteroatoms. The molecule has 2 nitrogen and oxygen atoms in total. The topological polar surface area (TPSA) is 18.5 Å². The number of ether oxygens (including phenoxy) is 2. The van der Waals surface area contributed by atoms with Crippen molar-refractivity contribution in [2.24, 2.45) is 0 Å². The van der Waals surface area contributed by atoms with Crippen molar-refractivity contribution in [3.63, 3.8) is 0 Å². The van der Waals surface area contributed by atoms with Crippen LogP contribution >= 0.6 is 0 Å². The largest absolute Gasteiger partial charge is 0.454 e. The fraction of sp³-hybridized carbons (Fsp3) is 0.500. The van der Waals surface area contributed by atoms with Crippen LogP contribution in [0.1, 0.15) is 70.2 Å². The molecule has 26 heavy (non-hydrogen) atoms. The summed E-state index contributed by atoms with van der Waals surface area (Å²) in [5.41, 5.74) is 6.39. The van der Waals surface area contributed by atoms with E-state index in [4.69, 9.17) is 9.47 Å². The first-order valence-electron chi connectivity index (χ1n) is 9.67. The van der Waals surface area contributed by atoms with E-state index in [1.54, 1.807) is 11.1 Å². The molecule has 0 radical (unpaired) electrons. The quantitative estimate of drug-likeness (QED) is 0.563. The number of hydrogen-bond donors (Lipinski definition) is 0. The Labute approximate surface area is 158 Å². The van der Waals surface area contributed by atoms with Crippen LogP contribution in [0.5, 0.6) is 11.5 Å². The van der Waals surface area contributed by atoms with Crippen molar-refractivity contribution in [1.82, 2.24) is 0 Å². The Morgan fingerprint density at radius 2 is 1.23 bits per heavy atom. The SMILES string of the molecule is CC(C)(C)c1ccc2c(c1)CCC2.CC(C)(C)c1ccc2c(c1)OCO2. The van der Waals surface area contributed by atoms with E-state index >= 15 is 0 Å². The van der Waals surface area contributed by atoms with Gasteiger partial charge in [-0.2, -0.15) is 0 Å². The van der Waals surface area contributed by atoms with Gasteiger partial charge in [-0.15, -0.1) is 0 Å². The van der Waals surface area contributed by atoms with E-state index in [0.29, 0.717) is 12.2 Å². The summed E-state index contributed by atoms with van der Waals surface area (Å²) in [7, 11) is 0. The molecule has 0 unspecified atom stereocenters. The van der Waals surface area contributed by atoms with Crippen LogP contribution in [0, 0.1) is 0 Å². The average molecular weight is 353 g/mol. The van der Waals surface area contributed by atoms with Gasteiger partial charge in [-0.3, -0.25) is 0 Å². The van der Waals surface area contributed by atoms with Gasteiger partial charge in [0.1, 0.15) is 0 Å². The number of aryl methyl sites for hydroxylation is 2. The van der Waals surface area contributed by atoms with Gasteiger partial charge in [-0.05, 0) is 64.5 Å². The molecule has 2 aliphatic rings. The average Bonchev–Trinajstić information content (AvgIpc) is 3.21. The molecule has 4 rings (SSSR count). The van der Waals surface area contributed by atoms with Crippen molar-refractivity contribution >= 4 is 0 Å². The van der Waals surface area contributed by atoms with E-state index < -0.39 is 0 Å². The molecule has 0 spiro atoms. The Bertz CT molecular complexity index is 708. The summed E-state index contributed by atoms with van der Waals surface area (Å²) in [5.74, 6) is 1.72. The van der Waals surface area contributed by atoms with Gasteiger partial charge in [0.05, 0.1) is 0 Å². The predicted octanol–water partition coefficient (Wildman–Crippen LogP) is 6.19. The lowest BCUT2D eigenvalue weighted by Gasteiger charge is -2.19. The van der Waals surface area contributed by atoms with Crippen LogP contribution in [0.4, 0.5) is 0 Å². The third kappa shape index (κ3) is 4.23. The first-order chi connectivity index (χ1) is 12.1. The summed E-state index contributed by atoms with van der Waals surface area (Å²) < 4.78 is 10.6. The first-order valence-corrected chi connectivity index (χ1v) is 9.67. The molecule has 0 fully saturated rings. The number of rotatable bonds is 0. The molecular weight excluding hydrogens is 320 g/mol. The molecule has 0 saturated carbocycles. The summed E-state index contributed by atoms with van der Waals surface area (Å²) in [4.78, 5) is 0. The second-order valence-corrected chi connectivity index (χ2v) is 9.41. The van der Waals surface area contributed by atoms with E-state index in [9.17, 15) is 0 Å². The van der Waals surface area contributed by atoms with Crippen molar-refractivity contribution in [2.75, 3.05) is 6.79 Å². The van der Waals surface area contributed by atoms with Gasteiger partial charge in [-0.1, -0.05) is 65.8 Å². The monoisotopic (exact) mass is 352 g/mol. The van der Waals surface area contributed by atoms with Crippen LogP contribution in [0.15, 0.2) is 36.4 Å². The molecular formula is C24H32O2. The number of fused-ring (bicyclic) bond motifs is 2. The Morgan fingerprint density at radius 1 is 0.654 bits per heavy atom. The Morgan fingerprint density at radius 3 is 1.92 bits per heavy atom. The summed E-state index contributed by atoms with van der Waals surface area (Å²) in [6.45, 7) is 13.7. The lowest BCUT2D eigenvalue weighted by molar-refractivity contribution is 0.174. The van der Waals surface area contributed by atoms with Crippen molar-refractivity contribution in [3.8, 4) is 11.5 Å². The molecule has 0 saturated heterocycles. The third-order valence-electron chi connectivity index (χ3n) is 5.20. The molecule has 1 aliphatic heterocycles.